The summed E-state index contributed by atoms with van der Waals surface area (Å²) < 4.78 is 12.8. The molecule has 0 saturated heterocycles. The van der Waals surface area contributed by atoms with E-state index < -0.39 is 0 Å². The topological polar surface area (TPSA) is 48.7 Å². The van der Waals surface area contributed by atoms with Crippen molar-refractivity contribution in [2.75, 3.05) is 5.32 Å². The minimum Gasteiger partial charge on any atom is -0.377 e. The van der Waals surface area contributed by atoms with Crippen LogP contribution in [-0.4, -0.2) is 4.98 Å². The van der Waals surface area contributed by atoms with Gasteiger partial charge in [0.1, 0.15) is 11.9 Å². The molecule has 0 aliphatic heterocycles. The maximum atomic E-state index is 12.8. The van der Waals surface area contributed by atoms with Gasteiger partial charge in [-0.05, 0) is 37.3 Å². The number of nitrogens with zero attached hydrogens (tertiary/aromatic N) is 2. The number of aromatic nitrogens is 1. The van der Waals surface area contributed by atoms with Gasteiger partial charge in [0.25, 0.3) is 0 Å². The van der Waals surface area contributed by atoms with Crippen LogP contribution in [0.15, 0.2) is 36.5 Å². The van der Waals surface area contributed by atoms with Gasteiger partial charge in [-0.25, -0.2) is 4.39 Å². The highest BCUT2D eigenvalue weighted by Gasteiger charge is 2.08. The molecule has 0 spiro atoms. The summed E-state index contributed by atoms with van der Waals surface area (Å²) in [7, 11) is 0. The number of pyridine rings is 1. The van der Waals surface area contributed by atoms with Crippen molar-refractivity contribution in [3.63, 3.8) is 0 Å². The Bertz CT molecular complexity index is 620. The predicted octanol–water partition coefficient (Wildman–Crippen LogP) is 3.92. The molecule has 1 aromatic carbocycles. The zero-order valence-corrected chi connectivity index (χ0v) is 10.9. The summed E-state index contributed by atoms with van der Waals surface area (Å²) in [4.78, 5) is 4.01. The molecule has 0 amide bonds. The van der Waals surface area contributed by atoms with Crippen LogP contribution in [-0.2, 0) is 0 Å². The molecule has 1 aromatic heterocycles. The van der Waals surface area contributed by atoms with Gasteiger partial charge in [-0.1, -0.05) is 11.6 Å². The van der Waals surface area contributed by atoms with Crippen molar-refractivity contribution in [1.29, 1.82) is 5.26 Å². The fourth-order valence-electron chi connectivity index (χ4n) is 1.67. The quantitative estimate of drug-likeness (QED) is 0.924. The standard InChI is InChI=1S/C14H11ClFN3/c1-9(14-5-2-11(16)8-18-14)19-12-3-4-13(15)10(6-12)7-17/h2-6,8-9,19H,1H3. The molecule has 1 heterocycles. The van der Waals surface area contributed by atoms with Crippen LogP contribution in [0.25, 0.3) is 0 Å². The minimum atomic E-state index is -0.366. The van der Waals surface area contributed by atoms with E-state index in [1.807, 2.05) is 13.0 Å². The maximum absolute atomic E-state index is 12.8. The molecule has 2 rings (SSSR count). The molecule has 0 fully saturated rings. The number of hydrogen-bond donors (Lipinski definition) is 1. The first kappa shape index (κ1) is 13.3. The van der Waals surface area contributed by atoms with Crippen molar-refractivity contribution in [2.45, 2.75) is 13.0 Å². The smallest absolute Gasteiger partial charge is 0.141 e. The SMILES string of the molecule is CC(Nc1ccc(Cl)c(C#N)c1)c1ccc(F)cn1. The van der Waals surface area contributed by atoms with Crippen LogP contribution < -0.4 is 5.32 Å². The Labute approximate surface area is 115 Å². The molecule has 1 unspecified atom stereocenters. The lowest BCUT2D eigenvalue weighted by atomic mass is 10.1. The number of anilines is 1. The number of benzene rings is 1. The highest BCUT2D eigenvalue weighted by Crippen LogP contribution is 2.23. The van der Waals surface area contributed by atoms with Crippen LogP contribution >= 0.6 is 11.6 Å². The van der Waals surface area contributed by atoms with Crippen molar-refractivity contribution < 1.29 is 4.39 Å². The lowest BCUT2D eigenvalue weighted by molar-refractivity contribution is 0.617. The number of halogens is 2. The van der Waals surface area contributed by atoms with E-state index in [0.717, 1.165) is 11.4 Å². The van der Waals surface area contributed by atoms with E-state index in [2.05, 4.69) is 10.3 Å². The van der Waals surface area contributed by atoms with E-state index >= 15 is 0 Å². The number of nitrogens with one attached hydrogen (secondary N) is 1. The summed E-state index contributed by atoms with van der Waals surface area (Å²) in [6, 6.07) is 10.0. The lowest BCUT2D eigenvalue weighted by Crippen LogP contribution is -2.08. The van der Waals surface area contributed by atoms with Crippen molar-refractivity contribution >= 4 is 17.3 Å². The highest BCUT2D eigenvalue weighted by atomic mass is 35.5. The first-order valence-electron chi connectivity index (χ1n) is 5.68. The third-order valence-electron chi connectivity index (χ3n) is 2.66. The zero-order valence-electron chi connectivity index (χ0n) is 10.2. The molecule has 1 N–H and O–H groups in total. The van der Waals surface area contributed by atoms with E-state index in [1.54, 1.807) is 24.3 Å². The van der Waals surface area contributed by atoms with Crippen molar-refractivity contribution in [3.05, 3.63) is 58.6 Å². The predicted molar refractivity (Wildman–Crippen MR) is 72.4 cm³/mol. The van der Waals surface area contributed by atoms with Gasteiger partial charge in [0.15, 0.2) is 0 Å². The van der Waals surface area contributed by atoms with Crippen LogP contribution in [0.5, 0.6) is 0 Å². The van der Waals surface area contributed by atoms with Crippen LogP contribution in [0.3, 0.4) is 0 Å². The maximum Gasteiger partial charge on any atom is 0.141 e. The van der Waals surface area contributed by atoms with Gasteiger partial charge in [-0.15, -0.1) is 0 Å². The Morgan fingerprint density at radius 2 is 2.16 bits per heavy atom. The first-order chi connectivity index (χ1) is 9.10. The molecule has 1 atom stereocenters. The Morgan fingerprint density at radius 1 is 1.37 bits per heavy atom. The zero-order chi connectivity index (χ0) is 13.8. The number of nitriles is 1. The summed E-state index contributed by atoms with van der Waals surface area (Å²) in [5.74, 6) is -0.366. The monoisotopic (exact) mass is 275 g/mol. The van der Waals surface area contributed by atoms with Gasteiger partial charge in [0.05, 0.1) is 28.5 Å². The second-order valence-electron chi connectivity index (χ2n) is 4.07. The fraction of sp³-hybridized carbons (Fsp3) is 0.143. The molecule has 0 radical (unpaired) electrons. The molecule has 2 aromatic rings. The van der Waals surface area contributed by atoms with Crippen LogP contribution in [0, 0.1) is 17.1 Å². The number of rotatable bonds is 3. The van der Waals surface area contributed by atoms with Gasteiger partial charge in [-0.3, -0.25) is 4.98 Å². The summed E-state index contributed by atoms with van der Waals surface area (Å²) in [5, 5.41) is 12.5. The van der Waals surface area contributed by atoms with E-state index in [9.17, 15) is 4.39 Å². The Balaban J connectivity index is 2.17. The third kappa shape index (κ3) is 3.21. The van der Waals surface area contributed by atoms with Gasteiger partial charge in [-0.2, -0.15) is 5.26 Å². The average Bonchev–Trinajstić information content (AvgIpc) is 2.41. The second-order valence-corrected chi connectivity index (χ2v) is 4.48. The Kier molecular flexibility index (Phi) is 3.98. The average molecular weight is 276 g/mol. The van der Waals surface area contributed by atoms with Crippen molar-refractivity contribution in [3.8, 4) is 6.07 Å². The molecular weight excluding hydrogens is 265 g/mol. The summed E-state index contributed by atoms with van der Waals surface area (Å²) in [6.45, 7) is 1.90. The van der Waals surface area contributed by atoms with Crippen LogP contribution in [0.2, 0.25) is 5.02 Å². The molecule has 96 valence electrons. The Morgan fingerprint density at radius 3 is 2.79 bits per heavy atom. The van der Waals surface area contributed by atoms with E-state index in [1.165, 1.54) is 12.3 Å². The van der Waals surface area contributed by atoms with E-state index in [4.69, 9.17) is 16.9 Å². The van der Waals surface area contributed by atoms with E-state index in [0.29, 0.717) is 10.6 Å². The normalized spacial score (nSPS) is 11.7. The van der Waals surface area contributed by atoms with Gasteiger partial charge < -0.3 is 5.32 Å². The Hall–Kier alpha value is -2.12. The van der Waals surface area contributed by atoms with Crippen LogP contribution in [0.4, 0.5) is 10.1 Å². The molecule has 3 nitrogen and oxygen atoms in total. The first-order valence-corrected chi connectivity index (χ1v) is 6.05. The van der Waals surface area contributed by atoms with Crippen molar-refractivity contribution in [2.24, 2.45) is 0 Å². The van der Waals surface area contributed by atoms with Crippen molar-refractivity contribution in [1.82, 2.24) is 4.98 Å². The second kappa shape index (κ2) is 5.68. The highest BCUT2D eigenvalue weighted by molar-refractivity contribution is 6.31. The summed E-state index contributed by atoms with van der Waals surface area (Å²) in [5.41, 5.74) is 1.89. The molecular formula is C14H11ClFN3. The van der Waals surface area contributed by atoms with Gasteiger partial charge >= 0.3 is 0 Å². The molecule has 5 heteroatoms. The van der Waals surface area contributed by atoms with Crippen LogP contribution in [0.1, 0.15) is 24.2 Å². The molecule has 0 aliphatic rings. The molecule has 19 heavy (non-hydrogen) atoms. The molecule has 0 saturated carbocycles. The van der Waals surface area contributed by atoms with Gasteiger partial charge in [0, 0.05) is 5.69 Å². The fourth-order valence-corrected chi connectivity index (χ4v) is 1.83. The molecule has 0 bridgehead atoms. The summed E-state index contributed by atoms with van der Waals surface area (Å²) >= 11 is 5.86. The number of hydrogen-bond acceptors (Lipinski definition) is 3. The molecule has 0 aliphatic carbocycles. The lowest BCUT2D eigenvalue weighted by Gasteiger charge is -2.15. The largest absolute Gasteiger partial charge is 0.377 e. The van der Waals surface area contributed by atoms with Gasteiger partial charge in [0.2, 0.25) is 0 Å². The minimum absolute atomic E-state index is 0.103. The summed E-state index contributed by atoms with van der Waals surface area (Å²) in [6.07, 6.45) is 1.18. The van der Waals surface area contributed by atoms with E-state index in [-0.39, 0.29) is 11.9 Å². The third-order valence-corrected chi connectivity index (χ3v) is 2.99.